The molecule has 154 valence electrons. The van der Waals surface area contributed by atoms with E-state index in [1.165, 1.54) is 6.92 Å². The van der Waals surface area contributed by atoms with Crippen molar-refractivity contribution in [2.24, 2.45) is 16.5 Å². The lowest BCUT2D eigenvalue weighted by atomic mass is 9.92. The van der Waals surface area contributed by atoms with Crippen LogP contribution in [0, 0.1) is 0 Å². The number of nitrogens with one attached hydrogen (secondary N) is 1. The zero-order chi connectivity index (χ0) is 21.3. The van der Waals surface area contributed by atoms with Gasteiger partial charge in [-0.2, -0.15) is 0 Å². The predicted octanol–water partition coefficient (Wildman–Crippen LogP) is -4.16. The Labute approximate surface area is 153 Å². The Hall–Kier alpha value is -2.35. The zero-order valence-corrected chi connectivity index (χ0v) is 14.9. The molecule has 1 rings (SSSR count). The van der Waals surface area contributed by atoms with E-state index < -0.39 is 62.9 Å². The first kappa shape index (κ1) is 24.7. The van der Waals surface area contributed by atoms with Gasteiger partial charge in [0.1, 0.15) is 18.3 Å². The molecular weight excluding hydrogens is 391 g/mol. The fraction of sp³-hybridized carbons (Fsp3) is 0.583. The van der Waals surface area contributed by atoms with Gasteiger partial charge in [-0.15, -0.1) is 9.79 Å². The van der Waals surface area contributed by atoms with Crippen LogP contribution in [0.5, 0.6) is 0 Å². The molecule has 1 aliphatic heterocycles. The van der Waals surface area contributed by atoms with Gasteiger partial charge in [0.25, 0.3) is 0 Å². The second-order valence-corrected chi connectivity index (χ2v) is 5.69. The molecule has 0 spiro atoms. The van der Waals surface area contributed by atoms with Gasteiger partial charge in [-0.1, -0.05) is 0 Å². The van der Waals surface area contributed by atoms with Gasteiger partial charge in [0.05, 0.1) is 18.7 Å². The number of hydrogen-bond acceptors (Lipinski definition) is 8. The molecule has 1 aliphatic rings. The Morgan fingerprint density at radius 3 is 2.26 bits per heavy atom. The molecule has 0 saturated heterocycles. The number of carboxylic acids is 1. The summed E-state index contributed by atoms with van der Waals surface area (Å²) in [7, 11) is -2.87. The van der Waals surface area contributed by atoms with E-state index in [1.807, 2.05) is 0 Å². The number of aliphatic carboxylic acids is 1. The standard InChI is InChI=1S/C12H20N4O7.HO3P/c1-4(18)15-8-5(16-12(13)14)2-7(11(21)22)23-10(8)9(20)6(19)3-17;1-4(2)3/h2,5-6,8-10,17,19-20H,3H2,1H3,(H,15,18)(H,21,22)(H4,13,14,16);(H-,1,2,3)/p+1/t5-,6+,8+,9+,10+;/m0./s1. The largest absolute Gasteiger partial charge is 0.692 e. The number of nitrogens with two attached hydrogens (primary N) is 2. The zero-order valence-electron chi connectivity index (χ0n) is 14.0. The van der Waals surface area contributed by atoms with E-state index in [4.69, 9.17) is 40.8 Å². The molecule has 0 unspecified atom stereocenters. The lowest BCUT2D eigenvalue weighted by molar-refractivity contribution is -0.145. The fourth-order valence-corrected chi connectivity index (χ4v) is 2.14. The molecule has 15 heteroatoms. The van der Waals surface area contributed by atoms with Gasteiger partial charge in [-0.3, -0.25) is 4.79 Å². The Bertz CT molecular complexity index is 605. The highest BCUT2D eigenvalue weighted by molar-refractivity contribution is 7.30. The number of rotatable bonds is 6. The maximum atomic E-state index is 11.4. The topological polar surface area (TPSA) is 258 Å². The molecule has 0 aromatic carbocycles. The van der Waals surface area contributed by atoms with Crippen LogP contribution in [0.1, 0.15) is 6.92 Å². The summed E-state index contributed by atoms with van der Waals surface area (Å²) in [4.78, 5) is 40.5. The summed E-state index contributed by atoms with van der Waals surface area (Å²) in [6, 6.07) is -2.11. The monoisotopic (exact) mass is 413 g/mol. The minimum atomic E-state index is -2.87. The molecule has 0 aromatic heterocycles. The van der Waals surface area contributed by atoms with Crippen molar-refractivity contribution in [2.45, 2.75) is 37.3 Å². The Balaban J connectivity index is 0.00000153. The van der Waals surface area contributed by atoms with Crippen molar-refractivity contribution in [1.82, 2.24) is 5.32 Å². The van der Waals surface area contributed by atoms with Crippen molar-refractivity contribution >= 4 is 26.1 Å². The molecule has 27 heavy (non-hydrogen) atoms. The molecule has 5 atom stereocenters. The summed E-state index contributed by atoms with van der Waals surface area (Å²) in [5.74, 6) is -2.89. The lowest BCUT2D eigenvalue weighted by Gasteiger charge is -2.38. The van der Waals surface area contributed by atoms with Crippen LogP contribution in [0.25, 0.3) is 0 Å². The molecule has 0 fully saturated rings. The normalized spacial score (nSPS) is 23.3. The number of nitrogens with zero attached hydrogens (tertiary/aromatic N) is 1. The van der Waals surface area contributed by atoms with Crippen LogP contribution in [0.2, 0.25) is 0 Å². The molecule has 0 saturated carbocycles. The second-order valence-electron chi connectivity index (χ2n) is 5.18. The minimum absolute atomic E-state index is 0.371. The lowest BCUT2D eigenvalue weighted by Crippen LogP contribution is -2.59. The first-order valence-corrected chi connectivity index (χ1v) is 8.36. The minimum Gasteiger partial charge on any atom is -0.478 e. The van der Waals surface area contributed by atoms with E-state index in [0.717, 1.165) is 6.08 Å². The highest BCUT2D eigenvalue weighted by atomic mass is 31.1. The van der Waals surface area contributed by atoms with Gasteiger partial charge in [0, 0.05) is 11.5 Å². The fourth-order valence-electron chi connectivity index (χ4n) is 2.14. The molecular formula is C12H22N4O10P+. The summed E-state index contributed by atoms with van der Waals surface area (Å²) in [5, 5.41) is 40.1. The summed E-state index contributed by atoms with van der Waals surface area (Å²) >= 11 is 0. The molecule has 0 aromatic rings. The predicted molar refractivity (Wildman–Crippen MR) is 88.9 cm³/mol. The maximum absolute atomic E-state index is 11.4. The molecule has 0 radical (unpaired) electrons. The van der Waals surface area contributed by atoms with Gasteiger partial charge >= 0.3 is 14.2 Å². The van der Waals surface area contributed by atoms with Crippen molar-refractivity contribution < 1.29 is 49.1 Å². The number of carbonyl (C=O) groups is 2. The van der Waals surface area contributed by atoms with Crippen LogP contribution in [-0.4, -0.2) is 85.1 Å². The van der Waals surface area contributed by atoms with E-state index in [9.17, 15) is 19.8 Å². The van der Waals surface area contributed by atoms with Crippen LogP contribution in [0.15, 0.2) is 16.8 Å². The van der Waals surface area contributed by atoms with Crippen molar-refractivity contribution in [3.8, 4) is 0 Å². The van der Waals surface area contributed by atoms with E-state index in [-0.39, 0.29) is 5.96 Å². The smallest absolute Gasteiger partial charge is 0.478 e. The molecule has 0 aliphatic carbocycles. The van der Waals surface area contributed by atoms with Crippen LogP contribution < -0.4 is 16.8 Å². The highest BCUT2D eigenvalue weighted by Gasteiger charge is 2.43. The van der Waals surface area contributed by atoms with Gasteiger partial charge in [0.2, 0.25) is 11.7 Å². The number of amides is 1. The Morgan fingerprint density at radius 1 is 1.37 bits per heavy atom. The summed E-state index contributed by atoms with van der Waals surface area (Å²) in [5.41, 5.74) is 10.6. The number of aliphatic imine (C=N–C) groups is 1. The van der Waals surface area contributed by atoms with Gasteiger partial charge in [-0.05, 0) is 6.08 Å². The molecule has 1 amide bonds. The third-order valence-corrected chi connectivity index (χ3v) is 3.10. The third-order valence-electron chi connectivity index (χ3n) is 3.10. The van der Waals surface area contributed by atoms with Crippen LogP contribution in [0.4, 0.5) is 0 Å². The number of aliphatic hydroxyl groups is 3. The highest BCUT2D eigenvalue weighted by Crippen LogP contribution is 2.24. The van der Waals surface area contributed by atoms with Crippen molar-refractivity contribution in [2.75, 3.05) is 6.61 Å². The summed E-state index contributed by atoms with van der Waals surface area (Å²) in [6.07, 6.45) is -3.65. The van der Waals surface area contributed by atoms with Gasteiger partial charge < -0.3 is 41.9 Å². The van der Waals surface area contributed by atoms with E-state index in [2.05, 4.69) is 10.3 Å². The summed E-state index contributed by atoms with van der Waals surface area (Å²) < 4.78 is 13.8. The third kappa shape index (κ3) is 8.72. The first-order valence-electron chi connectivity index (χ1n) is 7.20. The number of aliphatic hydroxyl groups excluding tert-OH is 3. The number of carboxylic acid groups (broad SMARTS) is 1. The summed E-state index contributed by atoms with van der Waals surface area (Å²) in [6.45, 7) is 0.391. The molecule has 1 heterocycles. The van der Waals surface area contributed by atoms with Crippen molar-refractivity contribution in [3.05, 3.63) is 11.8 Å². The van der Waals surface area contributed by atoms with Crippen molar-refractivity contribution in [3.63, 3.8) is 0 Å². The maximum Gasteiger partial charge on any atom is 0.692 e. The average Bonchev–Trinajstić information content (AvgIpc) is 2.53. The second kappa shape index (κ2) is 11.4. The molecule has 11 N–H and O–H groups in total. The molecule has 14 nitrogen and oxygen atoms in total. The average molecular weight is 413 g/mol. The SMILES string of the molecule is CC(=O)N[C@H]1[C@H]([C@H](O)[C@H](O)CO)OC(C(=O)O)=C[C@@H]1N=C(N)N.O=[P+](O)O. The van der Waals surface area contributed by atoms with Crippen LogP contribution >= 0.6 is 8.25 Å². The number of carbonyl (C=O) groups excluding carboxylic acids is 1. The number of hydrogen-bond donors (Lipinski definition) is 9. The van der Waals surface area contributed by atoms with Crippen LogP contribution in [0.3, 0.4) is 0 Å². The van der Waals surface area contributed by atoms with E-state index in [0.29, 0.717) is 0 Å². The quantitative estimate of drug-likeness (QED) is 0.114. The van der Waals surface area contributed by atoms with Crippen LogP contribution in [-0.2, 0) is 18.9 Å². The van der Waals surface area contributed by atoms with E-state index >= 15 is 0 Å². The van der Waals surface area contributed by atoms with Gasteiger partial charge in [-0.25, -0.2) is 9.79 Å². The molecule has 0 bridgehead atoms. The van der Waals surface area contributed by atoms with Gasteiger partial charge in [0.15, 0.2) is 5.96 Å². The number of guanidine groups is 1. The van der Waals surface area contributed by atoms with Crippen molar-refractivity contribution in [1.29, 1.82) is 0 Å². The van der Waals surface area contributed by atoms with E-state index in [1.54, 1.807) is 0 Å². The first-order chi connectivity index (χ1) is 12.4. The number of ether oxygens (including phenoxy) is 1. The Morgan fingerprint density at radius 2 is 1.89 bits per heavy atom. The Kier molecular flexibility index (Phi) is 10.4.